The minimum atomic E-state index is 1.08. The zero-order chi connectivity index (χ0) is 20.9. The number of hydrogen-bond acceptors (Lipinski definition) is 1. The van der Waals surface area contributed by atoms with Crippen LogP contribution in [0.3, 0.4) is 0 Å². The molecule has 0 unspecified atom stereocenters. The summed E-state index contributed by atoms with van der Waals surface area (Å²) in [6.45, 7) is 0. The lowest BCUT2D eigenvalue weighted by molar-refractivity contribution is 1.53. The van der Waals surface area contributed by atoms with Gasteiger partial charge in [-0.1, -0.05) is 103 Å². The molecule has 0 amide bonds. The first-order valence-corrected chi connectivity index (χ1v) is 10.5. The summed E-state index contributed by atoms with van der Waals surface area (Å²) in [5, 5.41) is 3.53. The maximum atomic E-state index is 3.53. The first-order chi connectivity index (χ1) is 15.3. The Morgan fingerprint density at radius 2 is 0.742 bits per heavy atom. The Morgan fingerprint density at radius 3 is 1.32 bits per heavy atom. The summed E-state index contributed by atoms with van der Waals surface area (Å²) >= 11 is 0. The van der Waals surface area contributed by atoms with Gasteiger partial charge in [-0.3, -0.25) is 0 Å². The van der Waals surface area contributed by atoms with E-state index in [-0.39, 0.29) is 0 Å². The van der Waals surface area contributed by atoms with Crippen molar-refractivity contribution in [3.05, 3.63) is 133 Å². The van der Waals surface area contributed by atoms with Crippen molar-refractivity contribution in [2.24, 2.45) is 0 Å². The van der Waals surface area contributed by atoms with Crippen molar-refractivity contribution in [3.8, 4) is 33.4 Å². The topological polar surface area (TPSA) is 12.0 Å². The third-order valence-electron chi connectivity index (χ3n) is 5.45. The maximum Gasteiger partial charge on any atom is 0.0390 e. The molecule has 0 aliphatic carbocycles. The third-order valence-corrected chi connectivity index (χ3v) is 5.45. The van der Waals surface area contributed by atoms with Crippen LogP contribution < -0.4 is 5.32 Å². The van der Waals surface area contributed by atoms with Crippen molar-refractivity contribution in [2.45, 2.75) is 0 Å². The summed E-state index contributed by atoms with van der Waals surface area (Å²) in [7, 11) is 0. The molecule has 148 valence electrons. The van der Waals surface area contributed by atoms with Crippen LogP contribution >= 0.6 is 0 Å². The number of nitrogens with one attached hydrogen (secondary N) is 1. The Labute approximate surface area is 183 Å². The molecule has 0 aromatic heterocycles. The molecule has 5 aromatic carbocycles. The van der Waals surface area contributed by atoms with Gasteiger partial charge in [0.1, 0.15) is 0 Å². The summed E-state index contributed by atoms with van der Waals surface area (Å²) in [5.41, 5.74) is 9.49. The van der Waals surface area contributed by atoms with Gasteiger partial charge in [0, 0.05) is 11.4 Å². The van der Waals surface area contributed by atoms with Gasteiger partial charge in [-0.25, -0.2) is 0 Å². The zero-order valence-electron chi connectivity index (χ0n) is 17.2. The van der Waals surface area contributed by atoms with Crippen molar-refractivity contribution in [1.82, 2.24) is 0 Å². The minimum absolute atomic E-state index is 1.08. The van der Waals surface area contributed by atoms with Crippen LogP contribution in [0.2, 0.25) is 0 Å². The van der Waals surface area contributed by atoms with Crippen molar-refractivity contribution in [2.75, 3.05) is 5.32 Å². The standard InChI is InChI=1S/C30H23N/c1-3-9-23(10-4-1)26-13-7-14-27(21-26)25-17-19-29(20-18-25)31-30-16-8-15-28(22-30)24-11-5-2-6-12-24/h1-22,31H. The van der Waals surface area contributed by atoms with Crippen LogP contribution in [0.1, 0.15) is 0 Å². The van der Waals surface area contributed by atoms with E-state index < -0.39 is 0 Å². The third kappa shape index (κ3) is 4.41. The second-order valence-corrected chi connectivity index (χ2v) is 7.60. The summed E-state index contributed by atoms with van der Waals surface area (Å²) in [5.74, 6) is 0. The van der Waals surface area contributed by atoms with Crippen LogP contribution in [0.4, 0.5) is 11.4 Å². The Bertz CT molecular complexity index is 1270. The fraction of sp³-hybridized carbons (Fsp3) is 0. The van der Waals surface area contributed by atoms with Crippen LogP contribution in [0.25, 0.3) is 33.4 Å². The molecule has 0 spiro atoms. The number of benzene rings is 5. The van der Waals surface area contributed by atoms with E-state index in [1.54, 1.807) is 0 Å². The van der Waals surface area contributed by atoms with E-state index in [1.165, 1.54) is 33.4 Å². The van der Waals surface area contributed by atoms with Gasteiger partial charge in [-0.05, 0) is 63.7 Å². The van der Waals surface area contributed by atoms with Gasteiger partial charge < -0.3 is 5.32 Å². The molecule has 0 bridgehead atoms. The summed E-state index contributed by atoms with van der Waals surface area (Å²) < 4.78 is 0. The van der Waals surface area contributed by atoms with Crippen LogP contribution in [-0.2, 0) is 0 Å². The van der Waals surface area contributed by atoms with E-state index in [1.807, 2.05) is 6.07 Å². The van der Waals surface area contributed by atoms with Gasteiger partial charge in [0.2, 0.25) is 0 Å². The highest BCUT2D eigenvalue weighted by Gasteiger charge is 2.03. The molecular formula is C30H23N. The van der Waals surface area contributed by atoms with E-state index in [4.69, 9.17) is 0 Å². The molecule has 31 heavy (non-hydrogen) atoms. The molecule has 0 saturated heterocycles. The fourth-order valence-electron chi connectivity index (χ4n) is 3.83. The van der Waals surface area contributed by atoms with Crippen LogP contribution in [0.5, 0.6) is 0 Å². The highest BCUT2D eigenvalue weighted by molar-refractivity contribution is 5.75. The monoisotopic (exact) mass is 397 g/mol. The average Bonchev–Trinajstić information content (AvgIpc) is 2.86. The van der Waals surface area contributed by atoms with E-state index in [0.717, 1.165) is 11.4 Å². The Kier molecular flexibility index (Phi) is 5.32. The minimum Gasteiger partial charge on any atom is -0.356 e. The average molecular weight is 398 g/mol. The lowest BCUT2D eigenvalue weighted by Gasteiger charge is -2.10. The largest absolute Gasteiger partial charge is 0.356 e. The van der Waals surface area contributed by atoms with E-state index in [2.05, 4.69) is 133 Å². The molecule has 0 aliphatic rings. The molecule has 0 radical (unpaired) electrons. The summed E-state index contributed by atoms with van der Waals surface area (Å²) in [4.78, 5) is 0. The fourth-order valence-corrected chi connectivity index (χ4v) is 3.83. The molecule has 0 aliphatic heterocycles. The van der Waals surface area contributed by atoms with E-state index in [0.29, 0.717) is 0 Å². The molecule has 0 fully saturated rings. The molecule has 5 rings (SSSR count). The van der Waals surface area contributed by atoms with Crippen LogP contribution in [-0.4, -0.2) is 0 Å². The van der Waals surface area contributed by atoms with Gasteiger partial charge in [0.05, 0.1) is 0 Å². The SMILES string of the molecule is c1ccc(-c2cccc(Nc3ccc(-c4cccc(-c5ccccc5)c4)cc3)c2)cc1. The first kappa shape index (κ1) is 18.9. The summed E-state index contributed by atoms with van der Waals surface area (Å²) in [6.07, 6.45) is 0. The lowest BCUT2D eigenvalue weighted by atomic mass is 9.99. The van der Waals surface area contributed by atoms with E-state index >= 15 is 0 Å². The van der Waals surface area contributed by atoms with Gasteiger partial charge in [0.25, 0.3) is 0 Å². The predicted octanol–water partition coefficient (Wildman–Crippen LogP) is 8.43. The summed E-state index contributed by atoms with van der Waals surface area (Å²) in [6, 6.07) is 46.8. The molecule has 0 heterocycles. The lowest BCUT2D eigenvalue weighted by Crippen LogP contribution is -1.91. The first-order valence-electron chi connectivity index (χ1n) is 10.5. The quantitative estimate of drug-likeness (QED) is 0.314. The predicted molar refractivity (Wildman–Crippen MR) is 132 cm³/mol. The molecule has 1 nitrogen and oxygen atoms in total. The highest BCUT2D eigenvalue weighted by atomic mass is 14.9. The highest BCUT2D eigenvalue weighted by Crippen LogP contribution is 2.29. The van der Waals surface area contributed by atoms with Gasteiger partial charge >= 0.3 is 0 Å². The smallest absolute Gasteiger partial charge is 0.0390 e. The zero-order valence-corrected chi connectivity index (χ0v) is 17.2. The molecular weight excluding hydrogens is 374 g/mol. The van der Waals surface area contributed by atoms with Crippen molar-refractivity contribution < 1.29 is 0 Å². The van der Waals surface area contributed by atoms with Crippen molar-refractivity contribution in [1.29, 1.82) is 0 Å². The van der Waals surface area contributed by atoms with Gasteiger partial charge in [0.15, 0.2) is 0 Å². The van der Waals surface area contributed by atoms with Gasteiger partial charge in [-0.2, -0.15) is 0 Å². The van der Waals surface area contributed by atoms with Crippen molar-refractivity contribution >= 4 is 11.4 Å². The number of anilines is 2. The maximum absolute atomic E-state index is 3.53. The molecule has 0 atom stereocenters. The second-order valence-electron chi connectivity index (χ2n) is 7.60. The second kappa shape index (κ2) is 8.73. The van der Waals surface area contributed by atoms with Crippen molar-refractivity contribution in [3.63, 3.8) is 0 Å². The Balaban J connectivity index is 1.36. The number of hydrogen-bond donors (Lipinski definition) is 1. The van der Waals surface area contributed by atoms with Gasteiger partial charge in [-0.15, -0.1) is 0 Å². The normalized spacial score (nSPS) is 10.6. The Morgan fingerprint density at radius 1 is 0.290 bits per heavy atom. The molecule has 5 aromatic rings. The molecule has 1 heteroatoms. The Hall–Kier alpha value is -4.10. The van der Waals surface area contributed by atoms with E-state index in [9.17, 15) is 0 Å². The molecule has 0 saturated carbocycles. The van der Waals surface area contributed by atoms with Crippen LogP contribution in [0.15, 0.2) is 133 Å². The number of rotatable bonds is 5. The van der Waals surface area contributed by atoms with Crippen LogP contribution in [0, 0.1) is 0 Å². The molecule has 1 N–H and O–H groups in total.